The standard InChI is InChI=1S/C9H13BrO/c1-7-6-8(11-3)4-5-9(7,2)10/h4,6H,5H2,1-3H3. The molecule has 0 radical (unpaired) electrons. The highest BCUT2D eigenvalue weighted by molar-refractivity contribution is 9.10. The van der Waals surface area contributed by atoms with Crippen molar-refractivity contribution in [2.24, 2.45) is 0 Å². The molecular weight excluding hydrogens is 204 g/mol. The van der Waals surface area contributed by atoms with Gasteiger partial charge in [-0.1, -0.05) is 21.5 Å². The van der Waals surface area contributed by atoms with Gasteiger partial charge in [-0.15, -0.1) is 0 Å². The molecule has 62 valence electrons. The van der Waals surface area contributed by atoms with Gasteiger partial charge in [0, 0.05) is 4.32 Å². The molecule has 0 aromatic carbocycles. The fourth-order valence-electron chi connectivity index (χ4n) is 1.02. The molecule has 0 amide bonds. The summed E-state index contributed by atoms with van der Waals surface area (Å²) in [4.78, 5) is 0. The molecule has 1 nitrogen and oxygen atoms in total. The molecule has 11 heavy (non-hydrogen) atoms. The summed E-state index contributed by atoms with van der Waals surface area (Å²) in [5.41, 5.74) is 1.32. The van der Waals surface area contributed by atoms with Crippen molar-refractivity contribution in [3.8, 4) is 0 Å². The Balaban J connectivity index is 2.82. The summed E-state index contributed by atoms with van der Waals surface area (Å²) in [7, 11) is 1.70. The summed E-state index contributed by atoms with van der Waals surface area (Å²) >= 11 is 3.65. The number of methoxy groups -OCH3 is 1. The second-order valence-electron chi connectivity index (χ2n) is 3.04. The second kappa shape index (κ2) is 3.02. The van der Waals surface area contributed by atoms with Crippen molar-refractivity contribution in [1.82, 2.24) is 0 Å². The average Bonchev–Trinajstić information content (AvgIpc) is 1.95. The predicted molar refractivity (Wildman–Crippen MR) is 50.8 cm³/mol. The molecule has 0 bridgehead atoms. The number of hydrogen-bond donors (Lipinski definition) is 0. The molecule has 0 saturated heterocycles. The van der Waals surface area contributed by atoms with E-state index in [0.717, 1.165) is 12.2 Å². The van der Waals surface area contributed by atoms with Crippen LogP contribution in [0.15, 0.2) is 23.5 Å². The Kier molecular flexibility index (Phi) is 2.43. The molecule has 0 heterocycles. The van der Waals surface area contributed by atoms with E-state index in [1.165, 1.54) is 5.57 Å². The van der Waals surface area contributed by atoms with Gasteiger partial charge in [0.25, 0.3) is 0 Å². The Hall–Kier alpha value is -0.240. The molecule has 0 spiro atoms. The minimum absolute atomic E-state index is 0.134. The third-order valence-corrected chi connectivity index (χ3v) is 3.05. The van der Waals surface area contributed by atoms with Crippen LogP contribution < -0.4 is 0 Å². The topological polar surface area (TPSA) is 9.23 Å². The number of ether oxygens (including phenoxy) is 1. The van der Waals surface area contributed by atoms with Crippen LogP contribution in [0.25, 0.3) is 0 Å². The predicted octanol–water partition coefficient (Wildman–Crippen LogP) is 3.02. The maximum atomic E-state index is 5.12. The van der Waals surface area contributed by atoms with Crippen molar-refractivity contribution in [3.63, 3.8) is 0 Å². The van der Waals surface area contributed by atoms with Crippen molar-refractivity contribution < 1.29 is 4.74 Å². The van der Waals surface area contributed by atoms with E-state index >= 15 is 0 Å². The number of alkyl halides is 1. The lowest BCUT2D eigenvalue weighted by molar-refractivity contribution is 0.301. The van der Waals surface area contributed by atoms with Gasteiger partial charge in [-0.3, -0.25) is 0 Å². The summed E-state index contributed by atoms with van der Waals surface area (Å²) in [6.07, 6.45) is 5.17. The molecule has 0 aromatic rings. The molecule has 1 atom stereocenters. The molecule has 1 aliphatic rings. The largest absolute Gasteiger partial charge is 0.497 e. The van der Waals surface area contributed by atoms with Gasteiger partial charge in [0.15, 0.2) is 0 Å². The maximum absolute atomic E-state index is 5.12. The third-order valence-electron chi connectivity index (χ3n) is 2.10. The molecular formula is C9H13BrO. The van der Waals surface area contributed by atoms with Crippen molar-refractivity contribution in [3.05, 3.63) is 23.5 Å². The fourth-order valence-corrected chi connectivity index (χ4v) is 1.29. The summed E-state index contributed by atoms with van der Waals surface area (Å²) in [5, 5.41) is 0. The van der Waals surface area contributed by atoms with E-state index in [2.05, 4.69) is 41.9 Å². The monoisotopic (exact) mass is 216 g/mol. The highest BCUT2D eigenvalue weighted by Gasteiger charge is 2.24. The van der Waals surface area contributed by atoms with E-state index in [9.17, 15) is 0 Å². The van der Waals surface area contributed by atoms with Crippen molar-refractivity contribution in [1.29, 1.82) is 0 Å². The zero-order valence-corrected chi connectivity index (χ0v) is 8.73. The average molecular weight is 217 g/mol. The minimum atomic E-state index is 0.134. The third kappa shape index (κ3) is 1.86. The molecule has 1 unspecified atom stereocenters. The Bertz CT molecular complexity index is 214. The van der Waals surface area contributed by atoms with Crippen LogP contribution in [-0.2, 0) is 4.74 Å². The van der Waals surface area contributed by atoms with Crippen LogP contribution in [0.3, 0.4) is 0 Å². The van der Waals surface area contributed by atoms with Gasteiger partial charge >= 0.3 is 0 Å². The summed E-state index contributed by atoms with van der Waals surface area (Å²) in [6, 6.07) is 0. The Morgan fingerprint density at radius 2 is 2.27 bits per heavy atom. The van der Waals surface area contributed by atoms with Crippen LogP contribution in [0.5, 0.6) is 0 Å². The Morgan fingerprint density at radius 1 is 1.64 bits per heavy atom. The number of halogens is 1. The van der Waals surface area contributed by atoms with Crippen LogP contribution in [0.4, 0.5) is 0 Å². The van der Waals surface area contributed by atoms with Gasteiger partial charge in [-0.2, -0.15) is 0 Å². The van der Waals surface area contributed by atoms with Gasteiger partial charge < -0.3 is 4.74 Å². The quantitative estimate of drug-likeness (QED) is 0.613. The van der Waals surface area contributed by atoms with Crippen LogP contribution >= 0.6 is 15.9 Å². The van der Waals surface area contributed by atoms with Gasteiger partial charge in [0.05, 0.1) is 7.11 Å². The lowest BCUT2D eigenvalue weighted by Crippen LogP contribution is -2.19. The lowest BCUT2D eigenvalue weighted by atomic mass is 9.94. The van der Waals surface area contributed by atoms with Gasteiger partial charge in [0.2, 0.25) is 0 Å². The van der Waals surface area contributed by atoms with E-state index in [-0.39, 0.29) is 4.32 Å². The molecule has 2 heteroatoms. The molecule has 0 aliphatic heterocycles. The molecule has 0 aromatic heterocycles. The second-order valence-corrected chi connectivity index (χ2v) is 4.79. The van der Waals surface area contributed by atoms with Crippen molar-refractivity contribution in [2.75, 3.05) is 7.11 Å². The van der Waals surface area contributed by atoms with Crippen LogP contribution in [0, 0.1) is 0 Å². The first-order valence-corrected chi connectivity index (χ1v) is 4.47. The molecule has 0 N–H and O–H groups in total. The smallest absolute Gasteiger partial charge is 0.114 e. The summed E-state index contributed by atoms with van der Waals surface area (Å²) in [6.45, 7) is 4.28. The normalized spacial score (nSPS) is 30.9. The molecule has 1 rings (SSSR count). The fraction of sp³-hybridized carbons (Fsp3) is 0.556. The molecule has 1 aliphatic carbocycles. The maximum Gasteiger partial charge on any atom is 0.114 e. The minimum Gasteiger partial charge on any atom is -0.497 e. The first-order chi connectivity index (χ1) is 5.06. The zero-order chi connectivity index (χ0) is 8.48. The highest BCUT2D eigenvalue weighted by Crippen LogP contribution is 2.35. The number of hydrogen-bond acceptors (Lipinski definition) is 1. The van der Waals surface area contributed by atoms with E-state index in [4.69, 9.17) is 4.74 Å². The van der Waals surface area contributed by atoms with Crippen LogP contribution in [-0.4, -0.2) is 11.4 Å². The number of rotatable bonds is 1. The Labute approximate surface area is 76.3 Å². The van der Waals surface area contributed by atoms with E-state index in [1.54, 1.807) is 7.11 Å². The number of allylic oxidation sites excluding steroid dienone is 3. The van der Waals surface area contributed by atoms with Gasteiger partial charge in [-0.25, -0.2) is 0 Å². The van der Waals surface area contributed by atoms with E-state index < -0.39 is 0 Å². The van der Waals surface area contributed by atoms with Crippen molar-refractivity contribution in [2.45, 2.75) is 24.6 Å². The SMILES string of the molecule is COC1=CCC(C)(Br)C(C)=C1. The molecule has 0 fully saturated rings. The highest BCUT2D eigenvalue weighted by atomic mass is 79.9. The van der Waals surface area contributed by atoms with Gasteiger partial charge in [-0.05, 0) is 32.4 Å². The van der Waals surface area contributed by atoms with E-state index in [0.29, 0.717) is 0 Å². The van der Waals surface area contributed by atoms with Crippen molar-refractivity contribution >= 4 is 15.9 Å². The van der Waals surface area contributed by atoms with Gasteiger partial charge in [0.1, 0.15) is 5.76 Å². The summed E-state index contributed by atoms with van der Waals surface area (Å²) in [5.74, 6) is 0.972. The zero-order valence-electron chi connectivity index (χ0n) is 7.15. The lowest BCUT2D eigenvalue weighted by Gasteiger charge is -2.25. The first-order valence-electron chi connectivity index (χ1n) is 3.68. The first kappa shape index (κ1) is 8.85. The molecule has 0 saturated carbocycles. The van der Waals surface area contributed by atoms with E-state index in [1.807, 2.05) is 0 Å². The Morgan fingerprint density at radius 3 is 2.73 bits per heavy atom. The van der Waals surface area contributed by atoms with Crippen LogP contribution in [0.2, 0.25) is 0 Å². The summed E-state index contributed by atoms with van der Waals surface area (Å²) < 4.78 is 5.25. The van der Waals surface area contributed by atoms with Crippen LogP contribution in [0.1, 0.15) is 20.3 Å².